The van der Waals surface area contributed by atoms with Crippen LogP contribution in [0.2, 0.25) is 0 Å². The fourth-order valence-corrected chi connectivity index (χ4v) is 4.58. The first-order chi connectivity index (χ1) is 18.3. The van der Waals surface area contributed by atoms with Crippen LogP contribution in [0.5, 0.6) is 0 Å². The molecule has 0 aliphatic heterocycles. The number of aryl methyl sites for hydroxylation is 1. The molecule has 0 saturated heterocycles. The number of fused-ring (bicyclic) bond motifs is 2. The highest BCUT2D eigenvalue weighted by molar-refractivity contribution is 6.04. The van der Waals surface area contributed by atoms with E-state index in [2.05, 4.69) is 26.3 Å². The second kappa shape index (κ2) is 8.88. The van der Waals surface area contributed by atoms with E-state index < -0.39 is 17.6 Å². The van der Waals surface area contributed by atoms with Crippen molar-refractivity contribution in [1.29, 1.82) is 0 Å². The number of hydrogen-bond donors (Lipinski definition) is 2. The maximum atomic E-state index is 13.1. The van der Waals surface area contributed by atoms with E-state index in [-0.39, 0.29) is 5.56 Å². The van der Waals surface area contributed by atoms with Crippen molar-refractivity contribution in [3.05, 3.63) is 108 Å². The second-order valence-electron chi connectivity index (χ2n) is 8.96. The molecule has 0 radical (unpaired) electrons. The molecule has 2 N–H and O–H groups in total. The minimum atomic E-state index is -4.53. The van der Waals surface area contributed by atoms with Gasteiger partial charge in [-0.05, 0) is 72.1 Å². The lowest BCUT2D eigenvalue weighted by Gasteiger charge is -2.13. The van der Waals surface area contributed by atoms with Crippen LogP contribution in [-0.2, 0) is 6.18 Å². The van der Waals surface area contributed by atoms with Crippen LogP contribution in [0.25, 0.3) is 38.9 Å². The van der Waals surface area contributed by atoms with Gasteiger partial charge in [-0.15, -0.1) is 0 Å². The van der Waals surface area contributed by atoms with Gasteiger partial charge in [-0.1, -0.05) is 24.3 Å². The number of anilines is 1. The second-order valence-corrected chi connectivity index (χ2v) is 8.96. The molecule has 0 fully saturated rings. The average Bonchev–Trinajstić information content (AvgIpc) is 3.56. The standard InChI is InChI=1S/C29H20F3N5O/c1-17-5-8-22(36-28(38)20-3-2-4-21(13-20)29(30,31)32)15-24(17)19-7-6-18-10-12-37(25(18)14-19)27-23-9-11-33-26(23)34-16-35-27/h2-16H,1H3,(H,36,38)(H,33,34,35). The van der Waals surface area contributed by atoms with Crippen LogP contribution >= 0.6 is 0 Å². The van der Waals surface area contributed by atoms with Crippen LogP contribution in [0, 0.1) is 6.92 Å². The fraction of sp³-hybridized carbons (Fsp3) is 0.0690. The molecular weight excluding hydrogens is 491 g/mol. The molecule has 3 heterocycles. The fourth-order valence-electron chi connectivity index (χ4n) is 4.58. The number of aromatic nitrogens is 4. The SMILES string of the molecule is Cc1ccc(NC(=O)c2cccc(C(F)(F)F)c2)cc1-c1ccc2ccn(-c3ncnc4[nH]ccc34)c2c1. The first-order valence-electron chi connectivity index (χ1n) is 11.8. The summed E-state index contributed by atoms with van der Waals surface area (Å²) < 4.78 is 41.3. The van der Waals surface area contributed by atoms with Gasteiger partial charge in [0.2, 0.25) is 0 Å². The molecule has 9 heteroatoms. The summed E-state index contributed by atoms with van der Waals surface area (Å²) in [5, 5.41) is 4.65. The average molecular weight is 512 g/mol. The van der Waals surface area contributed by atoms with Crippen molar-refractivity contribution >= 4 is 33.5 Å². The third-order valence-electron chi connectivity index (χ3n) is 6.51. The van der Waals surface area contributed by atoms with E-state index in [0.717, 1.165) is 56.6 Å². The first-order valence-corrected chi connectivity index (χ1v) is 11.8. The maximum absolute atomic E-state index is 13.1. The highest BCUT2D eigenvalue weighted by Gasteiger charge is 2.30. The Morgan fingerprint density at radius 2 is 1.84 bits per heavy atom. The van der Waals surface area contributed by atoms with E-state index >= 15 is 0 Å². The summed E-state index contributed by atoms with van der Waals surface area (Å²) in [6, 6.07) is 19.8. The van der Waals surface area contributed by atoms with Gasteiger partial charge in [0, 0.05) is 29.0 Å². The Bertz CT molecular complexity index is 1830. The monoisotopic (exact) mass is 511 g/mol. The third-order valence-corrected chi connectivity index (χ3v) is 6.51. The van der Waals surface area contributed by atoms with Crippen molar-refractivity contribution in [1.82, 2.24) is 19.5 Å². The number of amides is 1. The number of carbonyl (C=O) groups excluding carboxylic acids is 1. The third kappa shape index (κ3) is 4.17. The Morgan fingerprint density at radius 1 is 0.974 bits per heavy atom. The zero-order valence-electron chi connectivity index (χ0n) is 20.0. The summed E-state index contributed by atoms with van der Waals surface area (Å²) in [6.07, 6.45) is 0.775. The number of nitrogens with one attached hydrogen (secondary N) is 2. The number of alkyl halides is 3. The van der Waals surface area contributed by atoms with E-state index in [1.807, 2.05) is 60.3 Å². The van der Waals surface area contributed by atoms with Crippen molar-refractivity contribution in [2.45, 2.75) is 13.1 Å². The van der Waals surface area contributed by atoms with Crippen LogP contribution in [0.3, 0.4) is 0 Å². The zero-order chi connectivity index (χ0) is 26.4. The Kier molecular flexibility index (Phi) is 5.48. The lowest BCUT2D eigenvalue weighted by molar-refractivity contribution is -0.137. The number of rotatable bonds is 4. The molecule has 3 aromatic carbocycles. The van der Waals surface area contributed by atoms with Crippen LogP contribution in [-0.4, -0.2) is 25.4 Å². The maximum Gasteiger partial charge on any atom is 0.416 e. The summed E-state index contributed by atoms with van der Waals surface area (Å²) >= 11 is 0. The highest BCUT2D eigenvalue weighted by Crippen LogP contribution is 2.32. The Hall–Kier alpha value is -4.92. The zero-order valence-corrected chi connectivity index (χ0v) is 20.0. The highest BCUT2D eigenvalue weighted by atomic mass is 19.4. The predicted octanol–water partition coefficient (Wildman–Crippen LogP) is 7.15. The molecule has 6 aromatic rings. The molecule has 0 aliphatic carbocycles. The first kappa shape index (κ1) is 23.5. The number of H-pyrrole nitrogens is 1. The van der Waals surface area contributed by atoms with Crippen molar-refractivity contribution < 1.29 is 18.0 Å². The normalized spacial score (nSPS) is 11.8. The molecule has 1 amide bonds. The molecule has 38 heavy (non-hydrogen) atoms. The quantitative estimate of drug-likeness (QED) is 0.264. The van der Waals surface area contributed by atoms with Gasteiger partial charge in [0.25, 0.3) is 5.91 Å². The summed E-state index contributed by atoms with van der Waals surface area (Å²) in [5.74, 6) is 0.136. The lowest BCUT2D eigenvalue weighted by Crippen LogP contribution is -2.14. The van der Waals surface area contributed by atoms with E-state index in [9.17, 15) is 18.0 Å². The molecule has 0 spiro atoms. The Morgan fingerprint density at radius 3 is 2.68 bits per heavy atom. The summed E-state index contributed by atoms with van der Waals surface area (Å²) in [4.78, 5) is 24.6. The van der Waals surface area contributed by atoms with Crippen molar-refractivity contribution in [2.75, 3.05) is 5.32 Å². The summed E-state index contributed by atoms with van der Waals surface area (Å²) in [7, 11) is 0. The van der Waals surface area contributed by atoms with Crippen LogP contribution in [0.15, 0.2) is 91.5 Å². The molecule has 6 nitrogen and oxygen atoms in total. The van der Waals surface area contributed by atoms with E-state index in [4.69, 9.17) is 0 Å². The van der Waals surface area contributed by atoms with Crippen molar-refractivity contribution in [3.8, 4) is 16.9 Å². The molecule has 0 atom stereocenters. The van der Waals surface area contributed by atoms with Crippen LogP contribution in [0.1, 0.15) is 21.5 Å². The molecule has 6 rings (SSSR count). The van der Waals surface area contributed by atoms with E-state index in [1.54, 1.807) is 6.07 Å². The largest absolute Gasteiger partial charge is 0.416 e. The van der Waals surface area contributed by atoms with Crippen LogP contribution < -0.4 is 5.32 Å². The molecule has 0 saturated carbocycles. The number of aromatic amines is 1. The summed E-state index contributed by atoms with van der Waals surface area (Å²) in [5.41, 5.74) is 4.02. The van der Waals surface area contributed by atoms with Crippen LogP contribution in [0.4, 0.5) is 18.9 Å². The van der Waals surface area contributed by atoms with Gasteiger partial charge in [-0.2, -0.15) is 13.2 Å². The van der Waals surface area contributed by atoms with Gasteiger partial charge in [0.15, 0.2) is 0 Å². The van der Waals surface area contributed by atoms with Gasteiger partial charge in [-0.3, -0.25) is 4.79 Å². The van der Waals surface area contributed by atoms with Gasteiger partial charge >= 0.3 is 6.18 Å². The molecule has 0 aliphatic rings. The molecular formula is C29H20F3N5O. The van der Waals surface area contributed by atoms with E-state index in [0.29, 0.717) is 5.69 Å². The molecule has 0 bridgehead atoms. The topological polar surface area (TPSA) is 75.6 Å². The van der Waals surface area contributed by atoms with Crippen molar-refractivity contribution in [2.24, 2.45) is 0 Å². The summed E-state index contributed by atoms with van der Waals surface area (Å²) in [6.45, 7) is 1.96. The van der Waals surface area contributed by atoms with E-state index in [1.165, 1.54) is 18.5 Å². The number of benzene rings is 3. The molecule has 0 unspecified atom stereocenters. The lowest BCUT2D eigenvalue weighted by atomic mass is 9.99. The minimum Gasteiger partial charge on any atom is -0.346 e. The smallest absolute Gasteiger partial charge is 0.346 e. The van der Waals surface area contributed by atoms with Gasteiger partial charge < -0.3 is 14.9 Å². The Balaban J connectivity index is 1.36. The number of carbonyl (C=O) groups is 1. The minimum absolute atomic E-state index is 0.0675. The molecule has 3 aromatic heterocycles. The predicted molar refractivity (Wildman–Crippen MR) is 140 cm³/mol. The molecule has 188 valence electrons. The Labute approximate surface area is 214 Å². The number of hydrogen-bond acceptors (Lipinski definition) is 3. The van der Waals surface area contributed by atoms with Gasteiger partial charge in [0.1, 0.15) is 17.8 Å². The van der Waals surface area contributed by atoms with Gasteiger partial charge in [0.05, 0.1) is 16.5 Å². The van der Waals surface area contributed by atoms with Crippen molar-refractivity contribution in [3.63, 3.8) is 0 Å². The number of halogens is 3. The number of nitrogens with zero attached hydrogens (tertiary/aromatic N) is 3. The van der Waals surface area contributed by atoms with Gasteiger partial charge in [-0.25, -0.2) is 9.97 Å².